The summed E-state index contributed by atoms with van der Waals surface area (Å²) in [5.74, 6) is 1.42. The van der Waals surface area contributed by atoms with Crippen LogP contribution in [0.5, 0.6) is 5.75 Å². The fourth-order valence-electron chi connectivity index (χ4n) is 3.11. The number of thiazole rings is 1. The van der Waals surface area contributed by atoms with E-state index >= 15 is 0 Å². The van der Waals surface area contributed by atoms with E-state index in [0.29, 0.717) is 12.2 Å². The molecule has 0 atom stereocenters. The van der Waals surface area contributed by atoms with E-state index in [2.05, 4.69) is 26.8 Å². The molecule has 0 aliphatic carbocycles. The second-order valence-corrected chi connectivity index (χ2v) is 7.07. The summed E-state index contributed by atoms with van der Waals surface area (Å²) in [6, 6.07) is 15.6. The smallest absolute Gasteiger partial charge is 0.271 e. The lowest BCUT2D eigenvalue weighted by Gasteiger charge is -2.06. The zero-order chi connectivity index (χ0) is 19.5. The Morgan fingerprint density at radius 2 is 1.93 bits per heavy atom. The van der Waals surface area contributed by atoms with Gasteiger partial charge in [-0.3, -0.25) is 4.79 Å². The molecule has 2 aromatic carbocycles. The highest BCUT2D eigenvalue weighted by Gasteiger charge is 2.14. The number of para-hydroxylation sites is 2. The van der Waals surface area contributed by atoms with Crippen LogP contribution < -0.4 is 10.1 Å². The maximum absolute atomic E-state index is 12.6. The molecule has 1 N–H and O–H groups in total. The van der Waals surface area contributed by atoms with Crippen LogP contribution in [0.25, 0.3) is 21.6 Å². The molecule has 28 heavy (non-hydrogen) atoms. The maximum Gasteiger partial charge on any atom is 0.271 e. The molecule has 142 valence electrons. The minimum atomic E-state index is -0.203. The summed E-state index contributed by atoms with van der Waals surface area (Å²) in [7, 11) is 1.63. The zero-order valence-electron chi connectivity index (χ0n) is 15.7. The normalized spacial score (nSPS) is 10.9. The molecule has 4 rings (SSSR count). The standard InChI is InChI=1S/C21H20N4O2S/c1-3-25-18-7-5-4-6-16(18)23-19(25)12-22-20(26)17-13-28-21(24-17)14-8-10-15(27-2)11-9-14/h4-11,13H,3,12H2,1-2H3,(H,22,26). The first-order chi connectivity index (χ1) is 13.7. The second kappa shape index (κ2) is 7.82. The number of benzene rings is 2. The number of hydrogen-bond donors (Lipinski definition) is 1. The molecule has 0 unspecified atom stereocenters. The predicted molar refractivity (Wildman–Crippen MR) is 111 cm³/mol. The number of carbonyl (C=O) groups excluding carboxylic acids is 1. The third-order valence-electron chi connectivity index (χ3n) is 4.53. The van der Waals surface area contributed by atoms with Crippen LogP contribution in [-0.2, 0) is 13.1 Å². The van der Waals surface area contributed by atoms with E-state index in [1.807, 2.05) is 48.5 Å². The van der Waals surface area contributed by atoms with Gasteiger partial charge in [-0.1, -0.05) is 12.1 Å². The summed E-state index contributed by atoms with van der Waals surface area (Å²) >= 11 is 1.44. The minimum Gasteiger partial charge on any atom is -0.497 e. The number of nitrogens with zero attached hydrogens (tertiary/aromatic N) is 3. The average molecular weight is 392 g/mol. The molecule has 0 spiro atoms. The summed E-state index contributed by atoms with van der Waals surface area (Å²) in [5.41, 5.74) is 3.38. The van der Waals surface area contributed by atoms with Crippen molar-refractivity contribution in [3.8, 4) is 16.3 Å². The molecular weight excluding hydrogens is 372 g/mol. The fraction of sp³-hybridized carbons (Fsp3) is 0.190. The highest BCUT2D eigenvalue weighted by molar-refractivity contribution is 7.13. The van der Waals surface area contributed by atoms with E-state index in [9.17, 15) is 4.79 Å². The first kappa shape index (κ1) is 18.2. The number of imidazole rings is 1. The summed E-state index contributed by atoms with van der Waals surface area (Å²) in [5, 5.41) is 5.51. The molecule has 0 radical (unpaired) electrons. The van der Waals surface area contributed by atoms with Crippen molar-refractivity contribution < 1.29 is 9.53 Å². The summed E-state index contributed by atoms with van der Waals surface area (Å²) in [6.45, 7) is 3.22. The van der Waals surface area contributed by atoms with Gasteiger partial charge in [0.2, 0.25) is 0 Å². The number of nitrogens with one attached hydrogen (secondary N) is 1. The van der Waals surface area contributed by atoms with E-state index in [1.165, 1.54) is 11.3 Å². The van der Waals surface area contributed by atoms with Crippen LogP contribution in [0.15, 0.2) is 53.9 Å². The first-order valence-corrected chi connectivity index (χ1v) is 9.90. The van der Waals surface area contributed by atoms with Crippen molar-refractivity contribution in [1.29, 1.82) is 0 Å². The molecule has 0 aliphatic heterocycles. The van der Waals surface area contributed by atoms with E-state index in [-0.39, 0.29) is 5.91 Å². The van der Waals surface area contributed by atoms with E-state index in [0.717, 1.165) is 39.7 Å². The zero-order valence-corrected chi connectivity index (χ0v) is 16.5. The Bertz CT molecular complexity index is 1120. The average Bonchev–Trinajstić information content (AvgIpc) is 3.36. The first-order valence-electron chi connectivity index (χ1n) is 9.02. The second-order valence-electron chi connectivity index (χ2n) is 6.21. The van der Waals surface area contributed by atoms with Gasteiger partial charge in [-0.25, -0.2) is 9.97 Å². The molecule has 0 saturated heterocycles. The van der Waals surface area contributed by atoms with Crippen molar-refractivity contribution in [2.45, 2.75) is 20.0 Å². The number of aromatic nitrogens is 3. The minimum absolute atomic E-state index is 0.203. The molecule has 0 aliphatic rings. The Labute approximate surface area is 166 Å². The van der Waals surface area contributed by atoms with Crippen molar-refractivity contribution in [3.63, 3.8) is 0 Å². The number of rotatable bonds is 6. The third kappa shape index (κ3) is 3.48. The molecule has 4 aromatic rings. The maximum atomic E-state index is 12.6. The van der Waals surface area contributed by atoms with Gasteiger partial charge in [-0.15, -0.1) is 11.3 Å². The van der Waals surface area contributed by atoms with Gasteiger partial charge in [0.1, 0.15) is 22.3 Å². The molecule has 7 heteroatoms. The molecule has 2 aromatic heterocycles. The van der Waals surface area contributed by atoms with Crippen molar-refractivity contribution in [2.75, 3.05) is 7.11 Å². The number of amides is 1. The van der Waals surface area contributed by atoms with Crippen LogP contribution in [-0.4, -0.2) is 27.6 Å². The monoisotopic (exact) mass is 392 g/mol. The number of carbonyl (C=O) groups is 1. The van der Waals surface area contributed by atoms with Crippen LogP contribution in [0.4, 0.5) is 0 Å². The summed E-state index contributed by atoms with van der Waals surface area (Å²) < 4.78 is 7.28. The molecule has 2 heterocycles. The molecule has 1 amide bonds. The number of ether oxygens (including phenoxy) is 1. The van der Waals surface area contributed by atoms with Gasteiger partial charge in [-0.2, -0.15) is 0 Å². The molecule has 0 fully saturated rings. The van der Waals surface area contributed by atoms with Crippen molar-refractivity contribution >= 4 is 28.3 Å². The summed E-state index contributed by atoms with van der Waals surface area (Å²) in [6.07, 6.45) is 0. The SMILES string of the molecule is CCn1c(CNC(=O)c2csc(-c3ccc(OC)cc3)n2)nc2ccccc21. The molecule has 0 saturated carbocycles. The van der Waals surface area contributed by atoms with Crippen LogP contribution in [0, 0.1) is 0 Å². The van der Waals surface area contributed by atoms with Gasteiger partial charge in [0, 0.05) is 17.5 Å². The Kier molecular flexibility index (Phi) is 5.08. The van der Waals surface area contributed by atoms with Crippen LogP contribution >= 0.6 is 11.3 Å². The number of methoxy groups -OCH3 is 1. The predicted octanol–water partition coefficient (Wildman–Crippen LogP) is 4.12. The Morgan fingerprint density at radius 1 is 1.14 bits per heavy atom. The fourth-order valence-corrected chi connectivity index (χ4v) is 3.91. The van der Waals surface area contributed by atoms with Crippen molar-refractivity contribution in [1.82, 2.24) is 19.9 Å². The van der Waals surface area contributed by atoms with Crippen LogP contribution in [0.2, 0.25) is 0 Å². The summed E-state index contributed by atoms with van der Waals surface area (Å²) in [4.78, 5) is 21.7. The number of fused-ring (bicyclic) bond motifs is 1. The van der Waals surface area contributed by atoms with Crippen molar-refractivity contribution in [2.24, 2.45) is 0 Å². The molecule has 0 bridgehead atoms. The Hall–Kier alpha value is -3.19. The Morgan fingerprint density at radius 3 is 2.68 bits per heavy atom. The van der Waals surface area contributed by atoms with Crippen LogP contribution in [0.1, 0.15) is 23.2 Å². The largest absolute Gasteiger partial charge is 0.497 e. The van der Waals surface area contributed by atoms with Crippen molar-refractivity contribution in [3.05, 3.63) is 65.4 Å². The van der Waals surface area contributed by atoms with Gasteiger partial charge in [0.15, 0.2) is 0 Å². The number of hydrogen-bond acceptors (Lipinski definition) is 5. The topological polar surface area (TPSA) is 69.0 Å². The lowest BCUT2D eigenvalue weighted by Crippen LogP contribution is -2.25. The van der Waals surface area contributed by atoms with Gasteiger partial charge >= 0.3 is 0 Å². The van der Waals surface area contributed by atoms with Gasteiger partial charge in [0.05, 0.1) is 24.7 Å². The van der Waals surface area contributed by atoms with E-state index in [4.69, 9.17) is 4.74 Å². The lowest BCUT2D eigenvalue weighted by atomic mass is 10.2. The third-order valence-corrected chi connectivity index (χ3v) is 5.42. The van der Waals surface area contributed by atoms with E-state index < -0.39 is 0 Å². The Balaban J connectivity index is 1.48. The van der Waals surface area contributed by atoms with E-state index in [1.54, 1.807) is 12.5 Å². The highest BCUT2D eigenvalue weighted by Crippen LogP contribution is 2.25. The lowest BCUT2D eigenvalue weighted by molar-refractivity contribution is 0.0945. The van der Waals surface area contributed by atoms with Gasteiger partial charge in [-0.05, 0) is 43.3 Å². The number of aryl methyl sites for hydroxylation is 1. The quantitative estimate of drug-likeness (QED) is 0.536. The highest BCUT2D eigenvalue weighted by atomic mass is 32.1. The van der Waals surface area contributed by atoms with Gasteiger partial charge < -0.3 is 14.6 Å². The van der Waals surface area contributed by atoms with Gasteiger partial charge in [0.25, 0.3) is 5.91 Å². The molecule has 6 nitrogen and oxygen atoms in total. The molecular formula is C21H20N4O2S. The van der Waals surface area contributed by atoms with Crippen LogP contribution in [0.3, 0.4) is 0 Å².